The van der Waals surface area contributed by atoms with Crippen LogP contribution >= 0.6 is 27.3 Å². The summed E-state index contributed by atoms with van der Waals surface area (Å²) in [6, 6.07) is 1.17. The Hall–Kier alpha value is 1.76. The van der Waals surface area contributed by atoms with Crippen molar-refractivity contribution < 1.29 is 18.7 Å². The second-order valence-electron chi connectivity index (χ2n) is 1.80. The molecule has 0 aliphatic rings. The van der Waals surface area contributed by atoms with Crippen molar-refractivity contribution in [1.82, 2.24) is 0 Å². The minimum atomic E-state index is -2.14. The molecule has 0 spiro atoms. The Bertz CT molecular complexity index is 354. The van der Waals surface area contributed by atoms with E-state index in [0.717, 1.165) is 11.3 Å². The molecule has 2 N–H and O–H groups in total. The van der Waals surface area contributed by atoms with E-state index < -0.39 is 17.0 Å². The standard InChI is InChI=1S/C5H3BrO4S2.2Na.2H/c6-4-3(12(9)10)1-2(11-4)5(7)8;;;;/h1H,(H,7,8)(H,9,10);;;;. The molecule has 14 heavy (non-hydrogen) atoms. The number of aromatic carboxylic acids is 1. The maximum atomic E-state index is 10.6. The van der Waals surface area contributed by atoms with Gasteiger partial charge in [0.15, 0.2) is 11.1 Å². The van der Waals surface area contributed by atoms with Crippen LogP contribution in [0.4, 0.5) is 0 Å². The van der Waals surface area contributed by atoms with Crippen molar-refractivity contribution in [3.63, 3.8) is 0 Å². The van der Waals surface area contributed by atoms with Crippen LogP contribution in [-0.2, 0) is 11.1 Å². The molecule has 1 aromatic rings. The van der Waals surface area contributed by atoms with Crippen molar-refractivity contribution in [1.29, 1.82) is 0 Å². The fourth-order valence-corrected chi connectivity index (χ4v) is 3.02. The monoisotopic (exact) mass is 318 g/mol. The topological polar surface area (TPSA) is 74.6 Å². The van der Waals surface area contributed by atoms with E-state index in [4.69, 9.17) is 9.66 Å². The Labute approximate surface area is 139 Å². The molecular weight excluding hydrogens is 314 g/mol. The summed E-state index contributed by atoms with van der Waals surface area (Å²) in [6.45, 7) is 0. The average Bonchev–Trinajstić information content (AvgIpc) is 2.30. The van der Waals surface area contributed by atoms with Gasteiger partial charge in [0.2, 0.25) is 0 Å². The molecule has 0 amide bonds. The quantitative estimate of drug-likeness (QED) is 0.615. The number of carboxylic acids is 1. The zero-order valence-electron chi connectivity index (χ0n) is 5.48. The molecule has 1 atom stereocenters. The molecule has 9 heteroatoms. The molecule has 0 aliphatic heterocycles. The van der Waals surface area contributed by atoms with Gasteiger partial charge in [-0.2, -0.15) is 0 Å². The molecule has 1 rings (SSSR count). The van der Waals surface area contributed by atoms with Crippen molar-refractivity contribution in [3.05, 3.63) is 14.7 Å². The first kappa shape index (κ1) is 18.1. The van der Waals surface area contributed by atoms with Crippen LogP contribution in [0.1, 0.15) is 9.67 Å². The molecule has 0 bridgehead atoms. The van der Waals surface area contributed by atoms with Gasteiger partial charge in [0, 0.05) is 0 Å². The van der Waals surface area contributed by atoms with Gasteiger partial charge in [-0.3, -0.25) is 0 Å². The van der Waals surface area contributed by atoms with Gasteiger partial charge in [-0.1, -0.05) is 0 Å². The average molecular weight is 319 g/mol. The Morgan fingerprint density at radius 2 is 2.00 bits per heavy atom. The summed E-state index contributed by atoms with van der Waals surface area (Å²) in [5.41, 5.74) is 0. The molecule has 0 aromatic carbocycles. The van der Waals surface area contributed by atoms with Crippen LogP contribution in [0.15, 0.2) is 14.7 Å². The van der Waals surface area contributed by atoms with Crippen LogP contribution in [0.2, 0.25) is 0 Å². The van der Waals surface area contributed by atoms with E-state index in [9.17, 15) is 9.00 Å². The van der Waals surface area contributed by atoms with E-state index in [1.54, 1.807) is 0 Å². The number of hydrogen-bond acceptors (Lipinski definition) is 3. The second-order valence-corrected chi connectivity index (χ2v) is 5.11. The van der Waals surface area contributed by atoms with E-state index in [-0.39, 0.29) is 68.9 Å². The third-order valence-corrected chi connectivity index (χ3v) is 3.97. The summed E-state index contributed by atoms with van der Waals surface area (Å²) in [7, 11) is 0. The fourth-order valence-electron chi connectivity index (χ4n) is 0.577. The van der Waals surface area contributed by atoms with Crippen LogP contribution in [0.5, 0.6) is 0 Å². The van der Waals surface area contributed by atoms with Crippen LogP contribution in [-0.4, -0.2) is 79.0 Å². The first-order valence-electron chi connectivity index (χ1n) is 2.66. The number of carboxylic acid groups (broad SMARTS) is 1. The fraction of sp³-hybridized carbons (Fsp3) is 0. The molecule has 1 heterocycles. The summed E-state index contributed by atoms with van der Waals surface area (Å²) in [4.78, 5) is 10.5. The summed E-state index contributed by atoms with van der Waals surface area (Å²) >= 11 is 1.77. The van der Waals surface area contributed by atoms with E-state index in [1.165, 1.54) is 6.07 Å². The van der Waals surface area contributed by atoms with Gasteiger partial charge in [-0.05, 0) is 22.0 Å². The Morgan fingerprint density at radius 3 is 2.21 bits per heavy atom. The van der Waals surface area contributed by atoms with Crippen LogP contribution in [0.25, 0.3) is 0 Å². The van der Waals surface area contributed by atoms with Crippen molar-refractivity contribution in [2.24, 2.45) is 0 Å². The van der Waals surface area contributed by atoms with Gasteiger partial charge >= 0.3 is 65.1 Å². The van der Waals surface area contributed by atoms with Gasteiger partial charge in [-0.15, -0.1) is 11.3 Å². The first-order valence-corrected chi connectivity index (χ1v) is 5.37. The molecule has 1 unspecified atom stereocenters. The summed E-state index contributed by atoms with van der Waals surface area (Å²) < 4.78 is 19.6. The Kier molecular flexibility index (Phi) is 10.3. The van der Waals surface area contributed by atoms with Gasteiger partial charge in [0.05, 0.1) is 8.68 Å². The van der Waals surface area contributed by atoms with Gasteiger partial charge < -0.3 is 9.66 Å². The van der Waals surface area contributed by atoms with Gasteiger partial charge in [0.25, 0.3) is 0 Å². The molecule has 0 radical (unpaired) electrons. The van der Waals surface area contributed by atoms with E-state index >= 15 is 0 Å². The predicted octanol–water partition coefficient (Wildman–Crippen LogP) is 0.492. The molecule has 70 valence electrons. The maximum absolute atomic E-state index is 10.6. The first-order chi connectivity index (χ1) is 5.52. The van der Waals surface area contributed by atoms with Crippen molar-refractivity contribution in [2.45, 2.75) is 4.90 Å². The van der Waals surface area contributed by atoms with Crippen LogP contribution in [0, 0.1) is 0 Å². The summed E-state index contributed by atoms with van der Waals surface area (Å²) in [5.74, 6) is -1.10. The zero-order valence-corrected chi connectivity index (χ0v) is 8.70. The van der Waals surface area contributed by atoms with Crippen LogP contribution in [0.3, 0.4) is 0 Å². The molecule has 0 aliphatic carbocycles. The van der Waals surface area contributed by atoms with E-state index in [2.05, 4.69) is 15.9 Å². The second kappa shape index (κ2) is 7.94. The van der Waals surface area contributed by atoms with Crippen molar-refractivity contribution in [2.75, 3.05) is 0 Å². The Balaban J connectivity index is 0. The SMILES string of the molecule is O=C(O)c1cc(S(=O)O)c(Br)s1.[NaH].[NaH]. The summed E-state index contributed by atoms with van der Waals surface area (Å²) in [6.07, 6.45) is 0. The minimum absolute atomic E-state index is 0. The molecule has 0 fully saturated rings. The molecular formula is C5H5BrNa2O4S2. The van der Waals surface area contributed by atoms with Crippen molar-refractivity contribution >= 4 is 103 Å². The number of thiophene rings is 1. The third kappa shape index (κ3) is 4.73. The molecule has 0 saturated carbocycles. The molecule has 0 saturated heterocycles. The number of carbonyl (C=O) groups is 1. The third-order valence-electron chi connectivity index (χ3n) is 1.05. The molecule has 4 nitrogen and oxygen atoms in total. The predicted molar refractivity (Wildman–Crippen MR) is 62.3 cm³/mol. The summed E-state index contributed by atoms with van der Waals surface area (Å²) in [5, 5.41) is 8.51. The normalized spacial score (nSPS) is 11.0. The van der Waals surface area contributed by atoms with E-state index in [1.807, 2.05) is 0 Å². The van der Waals surface area contributed by atoms with Gasteiger partial charge in [-0.25, -0.2) is 9.00 Å². The number of rotatable bonds is 2. The van der Waals surface area contributed by atoms with E-state index in [0.29, 0.717) is 3.79 Å². The Morgan fingerprint density at radius 1 is 1.50 bits per heavy atom. The zero-order chi connectivity index (χ0) is 9.30. The van der Waals surface area contributed by atoms with Gasteiger partial charge in [0.1, 0.15) is 4.88 Å². The number of hydrogen-bond donors (Lipinski definition) is 2. The number of halogens is 1. The molecule has 1 aromatic heterocycles. The van der Waals surface area contributed by atoms with Crippen LogP contribution < -0.4 is 0 Å². The van der Waals surface area contributed by atoms with Crippen molar-refractivity contribution in [3.8, 4) is 0 Å².